The molecule has 2 aromatic heterocycles. The fourth-order valence-electron chi connectivity index (χ4n) is 2.23. The van der Waals surface area contributed by atoms with Gasteiger partial charge in [0, 0.05) is 29.7 Å². The molecule has 0 unspecified atom stereocenters. The summed E-state index contributed by atoms with van der Waals surface area (Å²) in [6.45, 7) is 2.32. The third kappa shape index (κ3) is 3.05. The number of carbonyl (C=O) groups excluding carboxylic acids is 1. The van der Waals surface area contributed by atoms with Crippen LogP contribution in [0.25, 0.3) is 10.9 Å². The van der Waals surface area contributed by atoms with E-state index in [1.165, 1.54) is 10.9 Å². The van der Waals surface area contributed by atoms with Crippen molar-refractivity contribution in [1.29, 1.82) is 0 Å². The Hall–Kier alpha value is -2.76. The van der Waals surface area contributed by atoms with Gasteiger partial charge in [0.2, 0.25) is 0 Å². The smallest absolute Gasteiger partial charge is 0.320 e. The molecular formula is C15H16N4O2. The predicted molar refractivity (Wildman–Crippen MR) is 80.3 cm³/mol. The zero-order chi connectivity index (χ0) is 14.7. The Morgan fingerprint density at radius 2 is 2.24 bits per heavy atom. The molecule has 0 aliphatic rings. The molecule has 21 heavy (non-hydrogen) atoms. The first kappa shape index (κ1) is 13.2. The molecule has 3 N–H and O–H groups in total. The lowest BCUT2D eigenvalue weighted by atomic mass is 10.1. The van der Waals surface area contributed by atoms with Gasteiger partial charge in [0.15, 0.2) is 5.82 Å². The van der Waals surface area contributed by atoms with Gasteiger partial charge in [-0.1, -0.05) is 23.4 Å². The van der Waals surface area contributed by atoms with E-state index in [9.17, 15) is 4.79 Å². The lowest BCUT2D eigenvalue weighted by molar-refractivity contribution is 0.252. The molecule has 6 nitrogen and oxygen atoms in total. The molecular weight excluding hydrogens is 268 g/mol. The van der Waals surface area contributed by atoms with Gasteiger partial charge < -0.3 is 14.8 Å². The number of aromatic amines is 1. The summed E-state index contributed by atoms with van der Waals surface area (Å²) in [5, 5.41) is 10.3. The van der Waals surface area contributed by atoms with Crippen LogP contribution in [0.3, 0.4) is 0 Å². The standard InChI is InChI=1S/C15H16N4O2/c1-10-8-14(19-21-10)18-15(20)16-7-6-11-9-17-13-5-3-2-4-12(11)13/h2-5,8-9,17H,6-7H2,1H3,(H2,16,18,19,20). The SMILES string of the molecule is Cc1cc(NC(=O)NCCc2c[nH]c3ccccc23)no1. The Bertz CT molecular complexity index is 760. The molecule has 0 fully saturated rings. The van der Waals surface area contributed by atoms with E-state index in [0.717, 1.165) is 11.9 Å². The van der Waals surface area contributed by atoms with Crippen molar-refractivity contribution >= 4 is 22.8 Å². The summed E-state index contributed by atoms with van der Waals surface area (Å²) < 4.78 is 4.88. The summed E-state index contributed by atoms with van der Waals surface area (Å²) in [6.07, 6.45) is 2.74. The summed E-state index contributed by atoms with van der Waals surface area (Å²) >= 11 is 0. The van der Waals surface area contributed by atoms with Gasteiger partial charge in [-0.15, -0.1) is 0 Å². The van der Waals surface area contributed by atoms with Crippen molar-refractivity contribution in [1.82, 2.24) is 15.5 Å². The molecule has 0 saturated carbocycles. The minimum absolute atomic E-state index is 0.289. The molecule has 2 heterocycles. The first-order valence-electron chi connectivity index (χ1n) is 6.75. The average Bonchev–Trinajstić information content (AvgIpc) is 3.06. The number of benzene rings is 1. The fourth-order valence-corrected chi connectivity index (χ4v) is 2.23. The third-order valence-corrected chi connectivity index (χ3v) is 3.22. The number of para-hydroxylation sites is 1. The largest absolute Gasteiger partial charge is 0.361 e. The molecule has 2 amide bonds. The molecule has 3 rings (SSSR count). The highest BCUT2D eigenvalue weighted by Gasteiger charge is 2.06. The van der Waals surface area contributed by atoms with Crippen LogP contribution in [0.15, 0.2) is 41.1 Å². The Morgan fingerprint density at radius 3 is 3.05 bits per heavy atom. The summed E-state index contributed by atoms with van der Waals surface area (Å²) in [5.41, 5.74) is 2.29. The molecule has 0 bridgehead atoms. The molecule has 6 heteroatoms. The number of hydrogen-bond donors (Lipinski definition) is 3. The topological polar surface area (TPSA) is 83.0 Å². The van der Waals surface area contributed by atoms with Crippen LogP contribution in [0.5, 0.6) is 0 Å². The minimum Gasteiger partial charge on any atom is -0.361 e. The van der Waals surface area contributed by atoms with E-state index in [2.05, 4.69) is 26.8 Å². The lowest BCUT2D eigenvalue weighted by Crippen LogP contribution is -2.30. The number of urea groups is 1. The van der Waals surface area contributed by atoms with E-state index in [-0.39, 0.29) is 6.03 Å². The summed E-state index contributed by atoms with van der Waals surface area (Å²) in [5.74, 6) is 1.07. The lowest BCUT2D eigenvalue weighted by Gasteiger charge is -2.04. The average molecular weight is 284 g/mol. The number of nitrogens with zero attached hydrogens (tertiary/aromatic N) is 1. The van der Waals surface area contributed by atoms with Crippen LogP contribution in [-0.2, 0) is 6.42 Å². The zero-order valence-electron chi connectivity index (χ0n) is 11.6. The second-order valence-electron chi connectivity index (χ2n) is 4.81. The van der Waals surface area contributed by atoms with Crippen molar-refractivity contribution in [2.24, 2.45) is 0 Å². The van der Waals surface area contributed by atoms with Crippen molar-refractivity contribution in [3.05, 3.63) is 47.9 Å². The highest BCUT2D eigenvalue weighted by Crippen LogP contribution is 2.17. The Morgan fingerprint density at radius 1 is 1.38 bits per heavy atom. The van der Waals surface area contributed by atoms with Gasteiger partial charge >= 0.3 is 6.03 Å². The number of aromatic nitrogens is 2. The van der Waals surface area contributed by atoms with Gasteiger partial charge in [0.05, 0.1) is 0 Å². The van der Waals surface area contributed by atoms with Gasteiger partial charge in [0.25, 0.3) is 0 Å². The second-order valence-corrected chi connectivity index (χ2v) is 4.81. The van der Waals surface area contributed by atoms with Crippen molar-refractivity contribution in [2.45, 2.75) is 13.3 Å². The number of nitrogens with one attached hydrogen (secondary N) is 3. The highest BCUT2D eigenvalue weighted by atomic mass is 16.5. The van der Waals surface area contributed by atoms with Gasteiger partial charge in [-0.05, 0) is 25.0 Å². The monoisotopic (exact) mass is 284 g/mol. The zero-order valence-corrected chi connectivity index (χ0v) is 11.6. The Kier molecular flexibility index (Phi) is 3.59. The Balaban J connectivity index is 1.53. The highest BCUT2D eigenvalue weighted by molar-refractivity contribution is 5.88. The quantitative estimate of drug-likeness (QED) is 0.689. The van der Waals surface area contributed by atoms with Crippen LogP contribution in [0.1, 0.15) is 11.3 Å². The van der Waals surface area contributed by atoms with Crippen molar-refractivity contribution in [3.8, 4) is 0 Å². The van der Waals surface area contributed by atoms with Crippen LogP contribution >= 0.6 is 0 Å². The van der Waals surface area contributed by atoms with Gasteiger partial charge in [0.1, 0.15) is 5.76 Å². The summed E-state index contributed by atoms with van der Waals surface area (Å²) in [7, 11) is 0. The molecule has 0 saturated heterocycles. The summed E-state index contributed by atoms with van der Waals surface area (Å²) in [6, 6.07) is 9.48. The van der Waals surface area contributed by atoms with E-state index in [0.29, 0.717) is 18.1 Å². The number of rotatable bonds is 4. The van der Waals surface area contributed by atoms with Crippen LogP contribution in [0, 0.1) is 6.92 Å². The second kappa shape index (κ2) is 5.70. The number of H-pyrrole nitrogens is 1. The number of fused-ring (bicyclic) bond motifs is 1. The van der Waals surface area contributed by atoms with Crippen LogP contribution in [0.4, 0.5) is 10.6 Å². The van der Waals surface area contributed by atoms with Gasteiger partial charge in [-0.3, -0.25) is 5.32 Å². The van der Waals surface area contributed by atoms with Crippen LogP contribution < -0.4 is 10.6 Å². The first-order valence-corrected chi connectivity index (χ1v) is 6.75. The van der Waals surface area contributed by atoms with Crippen molar-refractivity contribution < 1.29 is 9.32 Å². The van der Waals surface area contributed by atoms with E-state index >= 15 is 0 Å². The Labute approximate surface area is 121 Å². The van der Waals surface area contributed by atoms with Gasteiger partial charge in [-0.2, -0.15) is 0 Å². The molecule has 0 aliphatic carbocycles. The molecule has 0 aliphatic heterocycles. The summed E-state index contributed by atoms with van der Waals surface area (Å²) in [4.78, 5) is 14.9. The third-order valence-electron chi connectivity index (χ3n) is 3.22. The predicted octanol–water partition coefficient (Wildman–Crippen LogP) is 2.83. The molecule has 0 radical (unpaired) electrons. The normalized spacial score (nSPS) is 10.7. The number of amides is 2. The number of anilines is 1. The van der Waals surface area contributed by atoms with Crippen molar-refractivity contribution in [3.63, 3.8) is 0 Å². The molecule has 1 aromatic carbocycles. The fraction of sp³-hybridized carbons (Fsp3) is 0.200. The van der Waals surface area contributed by atoms with E-state index in [1.807, 2.05) is 24.4 Å². The molecule has 0 atom stereocenters. The van der Waals surface area contributed by atoms with E-state index in [4.69, 9.17) is 4.52 Å². The minimum atomic E-state index is -0.289. The maximum Gasteiger partial charge on any atom is 0.320 e. The van der Waals surface area contributed by atoms with Crippen LogP contribution in [-0.4, -0.2) is 22.7 Å². The maximum absolute atomic E-state index is 11.7. The van der Waals surface area contributed by atoms with Gasteiger partial charge in [-0.25, -0.2) is 4.79 Å². The maximum atomic E-state index is 11.7. The van der Waals surface area contributed by atoms with E-state index in [1.54, 1.807) is 13.0 Å². The van der Waals surface area contributed by atoms with Crippen molar-refractivity contribution in [2.75, 3.05) is 11.9 Å². The van der Waals surface area contributed by atoms with Crippen LogP contribution in [0.2, 0.25) is 0 Å². The van der Waals surface area contributed by atoms with E-state index < -0.39 is 0 Å². The number of aryl methyl sites for hydroxylation is 1. The molecule has 108 valence electrons. The molecule has 0 spiro atoms. The number of carbonyl (C=O) groups is 1. The first-order chi connectivity index (χ1) is 10.2. The number of hydrogen-bond acceptors (Lipinski definition) is 3. The molecule has 3 aromatic rings.